The molecular weight excluding hydrogens is 444 g/mol. The maximum Gasteiger partial charge on any atom is 0.222 e. The first-order chi connectivity index (χ1) is 16.8. The third kappa shape index (κ3) is 11.4. The molecule has 4 N–H and O–H groups in total. The van der Waals surface area contributed by atoms with Gasteiger partial charge in [-0.15, -0.1) is 0 Å². The highest BCUT2D eigenvalue weighted by molar-refractivity contribution is 5.78. The molecule has 0 bridgehead atoms. The second kappa shape index (κ2) is 17.3. The van der Waals surface area contributed by atoms with Crippen LogP contribution in [0.25, 0.3) is 5.53 Å². The molecule has 0 fully saturated rings. The molecule has 8 nitrogen and oxygen atoms in total. The standard InChI is InChI=1S/C27H48N4O4/c1-7-8-12-30-27(32)20(4)15-23(28)24(31-29)18-22(19(2)3)16-21-10-11-25(34-6)26(17-21)35-14-9-13-33-5/h10-11,17,19-20,22-24,31H,7-9,12-16,18,28H2,1-6H3,(H,30,32)/t20-,22+,23+,24+/m1/s1. The Balaban J connectivity index is 2.82. The summed E-state index contributed by atoms with van der Waals surface area (Å²) in [4.78, 5) is 12.4. The Kier molecular flexibility index (Phi) is 15.2. The molecule has 4 atom stereocenters. The van der Waals surface area contributed by atoms with Crippen molar-refractivity contribution in [2.75, 3.05) is 34.0 Å². The minimum atomic E-state index is -0.344. The summed E-state index contributed by atoms with van der Waals surface area (Å²) in [5, 5.41) is 5.39. The van der Waals surface area contributed by atoms with Crippen LogP contribution in [0.5, 0.6) is 11.5 Å². The zero-order chi connectivity index (χ0) is 26.2. The zero-order valence-corrected chi connectivity index (χ0v) is 22.6. The maximum absolute atomic E-state index is 12.4. The highest BCUT2D eigenvalue weighted by atomic mass is 16.5. The average Bonchev–Trinajstić information content (AvgIpc) is 2.84. The average molecular weight is 493 g/mol. The van der Waals surface area contributed by atoms with E-state index in [1.54, 1.807) is 14.2 Å². The lowest BCUT2D eigenvalue weighted by Crippen LogP contribution is -2.77. The first-order valence-electron chi connectivity index (χ1n) is 13.0. The van der Waals surface area contributed by atoms with Crippen LogP contribution in [0, 0.1) is 17.8 Å². The molecule has 0 aliphatic rings. The molecule has 0 aromatic heterocycles. The van der Waals surface area contributed by atoms with Crippen molar-refractivity contribution in [3.63, 3.8) is 0 Å². The molecule has 1 aromatic carbocycles. The van der Waals surface area contributed by atoms with E-state index in [2.05, 4.69) is 37.3 Å². The van der Waals surface area contributed by atoms with Gasteiger partial charge in [-0.05, 0) is 48.8 Å². The number of rotatable bonds is 19. The van der Waals surface area contributed by atoms with Crippen molar-refractivity contribution in [2.45, 2.75) is 78.3 Å². The van der Waals surface area contributed by atoms with Gasteiger partial charge in [-0.2, -0.15) is 0 Å². The Morgan fingerprint density at radius 1 is 1.11 bits per heavy atom. The number of ether oxygens (including phenoxy) is 3. The largest absolute Gasteiger partial charge is 0.508 e. The molecule has 0 saturated carbocycles. The third-order valence-electron chi connectivity index (χ3n) is 6.56. The SMILES string of the molecule is CCCCNC(=O)[C@H](C)C[C@H](N)[C@H](C[C@H](Cc1ccc(OC)c(OCCCOC)c1)C(C)C)[NH+]=[N-]. The summed E-state index contributed by atoms with van der Waals surface area (Å²) in [6.45, 7) is 10.2. The van der Waals surface area contributed by atoms with Crippen LogP contribution in [0.3, 0.4) is 0 Å². The summed E-state index contributed by atoms with van der Waals surface area (Å²) in [5.74, 6) is 1.88. The molecule has 200 valence electrons. The van der Waals surface area contributed by atoms with Crippen molar-refractivity contribution in [3.8, 4) is 11.5 Å². The molecule has 0 heterocycles. The number of hydrogen-bond acceptors (Lipinski definition) is 5. The van der Waals surface area contributed by atoms with E-state index in [4.69, 9.17) is 19.9 Å². The van der Waals surface area contributed by atoms with Gasteiger partial charge in [-0.25, -0.2) is 0 Å². The number of nitrogens with two attached hydrogens (primary N) is 1. The van der Waals surface area contributed by atoms with Crippen molar-refractivity contribution in [1.82, 2.24) is 5.32 Å². The van der Waals surface area contributed by atoms with Gasteiger partial charge in [-0.3, -0.25) is 4.79 Å². The first kappa shape index (κ1) is 30.8. The number of benzene rings is 1. The molecule has 8 heteroatoms. The van der Waals surface area contributed by atoms with Crippen molar-refractivity contribution >= 4 is 5.91 Å². The Hall–Kier alpha value is -2.19. The molecule has 1 amide bonds. The lowest BCUT2D eigenvalue weighted by Gasteiger charge is -2.27. The quantitative estimate of drug-likeness (QED) is 0.203. The van der Waals surface area contributed by atoms with Crippen LogP contribution < -0.4 is 25.6 Å². The highest BCUT2D eigenvalue weighted by Gasteiger charge is 2.29. The molecule has 0 aliphatic carbocycles. The van der Waals surface area contributed by atoms with Crippen molar-refractivity contribution in [3.05, 3.63) is 29.3 Å². The molecule has 0 radical (unpaired) electrons. The minimum absolute atomic E-state index is 0.0160. The Morgan fingerprint density at radius 2 is 1.86 bits per heavy atom. The number of methoxy groups -OCH3 is 2. The van der Waals surface area contributed by atoms with Gasteiger partial charge in [0.2, 0.25) is 5.91 Å². The summed E-state index contributed by atoms with van der Waals surface area (Å²) in [6.07, 6.45) is 4.81. The van der Waals surface area contributed by atoms with Crippen LogP contribution in [0.2, 0.25) is 0 Å². The first-order valence-corrected chi connectivity index (χ1v) is 13.0. The van der Waals surface area contributed by atoms with Crippen LogP contribution in [-0.2, 0) is 16.0 Å². The van der Waals surface area contributed by atoms with Crippen LogP contribution in [-0.4, -0.2) is 52.0 Å². The van der Waals surface area contributed by atoms with Crippen LogP contribution in [0.1, 0.15) is 65.4 Å². The second-order valence-electron chi connectivity index (χ2n) is 9.80. The minimum Gasteiger partial charge on any atom is -0.508 e. The Labute approximate surface area is 212 Å². The van der Waals surface area contributed by atoms with Gasteiger partial charge in [0.05, 0.1) is 19.8 Å². The molecule has 0 unspecified atom stereocenters. The Morgan fingerprint density at radius 3 is 2.46 bits per heavy atom. The van der Waals surface area contributed by atoms with E-state index >= 15 is 0 Å². The van der Waals surface area contributed by atoms with Gasteiger partial charge in [0, 0.05) is 39.0 Å². The smallest absolute Gasteiger partial charge is 0.222 e. The number of carbonyl (C=O) groups is 1. The predicted molar refractivity (Wildman–Crippen MR) is 139 cm³/mol. The van der Waals surface area contributed by atoms with Gasteiger partial charge in [0.1, 0.15) is 0 Å². The van der Waals surface area contributed by atoms with E-state index < -0.39 is 0 Å². The van der Waals surface area contributed by atoms with E-state index in [1.807, 2.05) is 19.1 Å². The van der Waals surface area contributed by atoms with Gasteiger partial charge >= 0.3 is 0 Å². The van der Waals surface area contributed by atoms with Crippen LogP contribution >= 0.6 is 0 Å². The summed E-state index contributed by atoms with van der Waals surface area (Å²) < 4.78 is 16.5. The zero-order valence-electron chi connectivity index (χ0n) is 22.6. The highest BCUT2D eigenvalue weighted by Crippen LogP contribution is 2.31. The van der Waals surface area contributed by atoms with E-state index in [0.29, 0.717) is 44.3 Å². The monoisotopic (exact) mass is 492 g/mol. The van der Waals surface area contributed by atoms with Crippen molar-refractivity contribution < 1.29 is 24.1 Å². The fraction of sp³-hybridized carbons (Fsp3) is 0.741. The van der Waals surface area contributed by atoms with Crippen molar-refractivity contribution in [1.29, 1.82) is 0 Å². The van der Waals surface area contributed by atoms with Crippen molar-refractivity contribution in [2.24, 2.45) is 23.5 Å². The van der Waals surface area contributed by atoms with E-state index in [-0.39, 0.29) is 29.8 Å². The number of hydrogen-bond donors (Lipinski definition) is 3. The van der Waals surface area contributed by atoms with Crippen LogP contribution in [0.15, 0.2) is 18.2 Å². The number of unbranched alkanes of at least 4 members (excludes halogenated alkanes) is 1. The second-order valence-corrected chi connectivity index (χ2v) is 9.80. The van der Waals surface area contributed by atoms with Gasteiger partial charge < -0.3 is 35.9 Å². The fourth-order valence-electron chi connectivity index (χ4n) is 4.13. The summed E-state index contributed by atoms with van der Waals surface area (Å²) in [6, 6.07) is 5.37. The number of amides is 1. The molecule has 0 spiro atoms. The summed E-state index contributed by atoms with van der Waals surface area (Å²) in [5.41, 5.74) is 17.5. The Bertz CT molecular complexity index is 744. The lowest BCUT2D eigenvalue weighted by molar-refractivity contribution is -0.532. The number of nitrogens with one attached hydrogen (secondary N) is 2. The molecule has 0 saturated heterocycles. The predicted octanol–water partition coefficient (Wildman–Crippen LogP) is 3.06. The molecule has 1 rings (SSSR count). The normalized spacial score (nSPS) is 14.7. The van der Waals surface area contributed by atoms with Crippen LogP contribution in [0.4, 0.5) is 0 Å². The molecule has 1 aromatic rings. The van der Waals surface area contributed by atoms with Gasteiger partial charge in [0.25, 0.3) is 0 Å². The van der Waals surface area contributed by atoms with Gasteiger partial charge in [-0.1, -0.05) is 40.2 Å². The lowest BCUT2D eigenvalue weighted by atomic mass is 9.81. The summed E-state index contributed by atoms with van der Waals surface area (Å²) >= 11 is 0. The fourth-order valence-corrected chi connectivity index (χ4v) is 4.13. The molecule has 35 heavy (non-hydrogen) atoms. The summed E-state index contributed by atoms with van der Waals surface area (Å²) in [7, 11) is 3.31. The van der Waals surface area contributed by atoms with E-state index in [9.17, 15) is 10.3 Å². The van der Waals surface area contributed by atoms with Gasteiger partial charge in [0.15, 0.2) is 17.5 Å². The third-order valence-corrected chi connectivity index (χ3v) is 6.56. The maximum atomic E-state index is 12.4. The topological polar surface area (TPSA) is 119 Å². The molecule has 0 aliphatic heterocycles. The number of carbonyl (C=O) groups excluding carboxylic acids is 1. The van der Waals surface area contributed by atoms with E-state index in [0.717, 1.165) is 37.0 Å². The van der Waals surface area contributed by atoms with E-state index in [1.165, 1.54) is 0 Å². The number of nitrogens with zero attached hydrogens (tertiary/aromatic N) is 1. The molecular formula is C27H48N4O4.